The third-order valence-corrected chi connectivity index (χ3v) is 6.14. The van der Waals surface area contributed by atoms with E-state index in [0.29, 0.717) is 17.9 Å². The van der Waals surface area contributed by atoms with Crippen LogP contribution in [0.4, 0.5) is 4.39 Å². The molecule has 5 nitrogen and oxygen atoms in total. The topological polar surface area (TPSA) is 62.7 Å². The molecule has 0 amide bonds. The number of nitrogens with zero attached hydrogens (tertiary/aromatic N) is 2. The minimum atomic E-state index is -0.567. The maximum atomic E-state index is 12.8. The molecule has 2 atom stereocenters. The molecular formula is C24H31FN2O3. The van der Waals surface area contributed by atoms with Crippen molar-refractivity contribution in [2.45, 2.75) is 45.3 Å². The Morgan fingerprint density at radius 1 is 1.13 bits per heavy atom. The zero-order chi connectivity index (χ0) is 20.2. The van der Waals surface area contributed by atoms with Gasteiger partial charge in [-0.3, -0.25) is 9.69 Å². The summed E-state index contributed by atoms with van der Waals surface area (Å²) in [6.07, 6.45) is 4.28. The van der Waals surface area contributed by atoms with Crippen molar-refractivity contribution in [2.75, 3.05) is 26.4 Å². The molecule has 1 aliphatic carbocycles. The van der Waals surface area contributed by atoms with Gasteiger partial charge in [-0.2, -0.15) is 0 Å². The first kappa shape index (κ1) is 22.4. The summed E-state index contributed by atoms with van der Waals surface area (Å²) >= 11 is 0. The van der Waals surface area contributed by atoms with Crippen molar-refractivity contribution in [1.82, 2.24) is 9.88 Å². The number of hydrogen-bond acceptors (Lipinski definition) is 5. The number of likely N-dealkylation sites (tertiary alicyclic amines) is 1. The highest BCUT2D eigenvalue weighted by Crippen LogP contribution is 2.29. The maximum absolute atomic E-state index is 12.8. The lowest BCUT2D eigenvalue weighted by Gasteiger charge is -2.41. The van der Waals surface area contributed by atoms with E-state index in [1.807, 2.05) is 6.07 Å². The molecule has 0 spiro atoms. The van der Waals surface area contributed by atoms with Gasteiger partial charge < -0.3 is 9.84 Å². The number of ether oxygens (including phenoxy) is 1. The molecule has 0 bridgehead atoms. The van der Waals surface area contributed by atoms with Gasteiger partial charge in [-0.15, -0.1) is 0 Å². The summed E-state index contributed by atoms with van der Waals surface area (Å²) in [4.78, 5) is 19.3. The van der Waals surface area contributed by atoms with Crippen molar-refractivity contribution in [3.8, 4) is 5.88 Å². The number of aliphatic hydroxyl groups is 1. The maximum Gasteiger partial charge on any atom is 0.213 e. The smallest absolute Gasteiger partial charge is 0.213 e. The van der Waals surface area contributed by atoms with Crippen LogP contribution in [0.5, 0.6) is 5.88 Å². The highest BCUT2D eigenvalue weighted by Gasteiger charge is 2.35. The van der Waals surface area contributed by atoms with E-state index < -0.39 is 6.67 Å². The normalized spacial score (nSPS) is 22.1. The fourth-order valence-corrected chi connectivity index (χ4v) is 4.53. The lowest BCUT2D eigenvalue weighted by molar-refractivity contribution is 0.0239. The zero-order valence-corrected chi connectivity index (χ0v) is 16.5. The van der Waals surface area contributed by atoms with Crippen LogP contribution in [0, 0.1) is 5.92 Å². The Morgan fingerprint density at radius 2 is 1.83 bits per heavy atom. The fraction of sp³-hybridized carbons (Fsp3) is 0.500. The number of halogens is 1. The number of aliphatic hydroxyl groups excluding tert-OH is 1. The number of alkyl halides is 1. The Balaban J connectivity index is 0.00000256. The number of aromatic nitrogens is 1. The van der Waals surface area contributed by atoms with Gasteiger partial charge in [0.15, 0.2) is 5.78 Å². The van der Waals surface area contributed by atoms with Crippen molar-refractivity contribution < 1.29 is 19.0 Å². The van der Waals surface area contributed by atoms with Crippen LogP contribution in [0.15, 0.2) is 42.6 Å². The molecule has 1 aromatic heterocycles. The van der Waals surface area contributed by atoms with Gasteiger partial charge in [0.2, 0.25) is 5.88 Å². The molecule has 1 saturated heterocycles. The Kier molecular flexibility index (Phi) is 7.56. The van der Waals surface area contributed by atoms with E-state index in [0.717, 1.165) is 32.4 Å². The number of piperidine rings is 1. The number of fused-ring (bicyclic) bond motifs is 1. The zero-order valence-electron chi connectivity index (χ0n) is 16.5. The summed E-state index contributed by atoms with van der Waals surface area (Å²) in [5, 5.41) is 10.7. The van der Waals surface area contributed by atoms with Gasteiger partial charge in [-0.05, 0) is 49.5 Å². The second-order valence-corrected chi connectivity index (χ2v) is 7.91. The van der Waals surface area contributed by atoms with Gasteiger partial charge in [-0.25, -0.2) is 9.37 Å². The molecule has 2 unspecified atom stereocenters. The van der Waals surface area contributed by atoms with E-state index in [1.165, 1.54) is 17.3 Å². The van der Waals surface area contributed by atoms with Gasteiger partial charge in [0.05, 0.1) is 6.10 Å². The number of Topliss-reactive ketones (excluding diaryl/α,β-unsaturated/α-hetero) is 1. The monoisotopic (exact) mass is 414 g/mol. The molecule has 1 N–H and O–H groups in total. The van der Waals surface area contributed by atoms with Crippen LogP contribution in [0.1, 0.15) is 41.8 Å². The quantitative estimate of drug-likeness (QED) is 0.733. The average molecular weight is 415 g/mol. The molecule has 162 valence electrons. The summed E-state index contributed by atoms with van der Waals surface area (Å²) in [5.41, 5.74) is 3.14. The third kappa shape index (κ3) is 4.87. The molecule has 4 rings (SSSR count). The number of benzene rings is 1. The number of hydrogen-bond donors (Lipinski definition) is 1. The summed E-state index contributed by atoms with van der Waals surface area (Å²) in [5.74, 6) is 0.406. The second kappa shape index (κ2) is 10.1. The number of carbonyl (C=O) groups is 1. The van der Waals surface area contributed by atoms with Gasteiger partial charge in [0.1, 0.15) is 13.3 Å². The predicted molar refractivity (Wildman–Crippen MR) is 115 cm³/mol. The van der Waals surface area contributed by atoms with Crippen molar-refractivity contribution in [3.05, 3.63) is 59.3 Å². The van der Waals surface area contributed by atoms with Gasteiger partial charge in [0.25, 0.3) is 0 Å². The summed E-state index contributed by atoms with van der Waals surface area (Å²) in [7, 11) is 0. The van der Waals surface area contributed by atoms with Gasteiger partial charge in [-0.1, -0.05) is 31.7 Å². The van der Waals surface area contributed by atoms with Crippen LogP contribution in [0.25, 0.3) is 0 Å². The first-order chi connectivity index (χ1) is 14.2. The average Bonchev–Trinajstić information content (AvgIpc) is 2.77. The molecule has 0 saturated carbocycles. The molecule has 1 aromatic carbocycles. The Morgan fingerprint density at radius 3 is 2.47 bits per heavy atom. The Labute approximate surface area is 177 Å². The summed E-state index contributed by atoms with van der Waals surface area (Å²) in [6.45, 7) is 1.02. The molecule has 30 heavy (non-hydrogen) atoms. The lowest BCUT2D eigenvalue weighted by atomic mass is 9.83. The second-order valence-electron chi connectivity index (χ2n) is 7.91. The molecule has 6 heteroatoms. The lowest BCUT2D eigenvalue weighted by Crippen LogP contribution is -2.51. The van der Waals surface area contributed by atoms with Gasteiger partial charge >= 0.3 is 0 Å². The highest BCUT2D eigenvalue weighted by molar-refractivity contribution is 5.97. The standard InChI is InChI=1S/C23H27FN2O3.CH4/c24-9-12-29-22-6-5-19(15-25-22)23(28)16-7-10-26(11-8-16)20-13-17-3-1-2-4-18(17)14-21(20)27;/h1-6,15-16,20-21,27H,7-14H2;1H4. The molecule has 0 radical (unpaired) electrons. The molecule has 2 aromatic rings. The van der Waals surface area contributed by atoms with Crippen LogP contribution < -0.4 is 4.74 Å². The predicted octanol–water partition coefficient (Wildman–Crippen LogP) is 3.49. The minimum absolute atomic E-state index is 0. The van der Waals surface area contributed by atoms with E-state index in [9.17, 15) is 14.3 Å². The number of carbonyl (C=O) groups excluding carboxylic acids is 1. The van der Waals surface area contributed by atoms with Gasteiger partial charge in [0, 0.05) is 36.2 Å². The Bertz CT molecular complexity index is 835. The molecule has 2 aliphatic rings. The van der Waals surface area contributed by atoms with Crippen LogP contribution in [-0.4, -0.2) is 59.3 Å². The van der Waals surface area contributed by atoms with Crippen LogP contribution in [-0.2, 0) is 12.8 Å². The largest absolute Gasteiger partial charge is 0.475 e. The number of rotatable bonds is 6. The SMILES string of the molecule is C.O=C(c1ccc(OCCF)nc1)C1CCN(C2Cc3ccccc3CC2O)CC1. The summed E-state index contributed by atoms with van der Waals surface area (Å²) in [6, 6.07) is 11.8. The van der Waals surface area contributed by atoms with Crippen LogP contribution in [0.2, 0.25) is 0 Å². The first-order valence-electron chi connectivity index (χ1n) is 10.3. The molecule has 1 fully saturated rings. The minimum Gasteiger partial charge on any atom is -0.475 e. The molecular weight excluding hydrogens is 383 g/mol. The summed E-state index contributed by atoms with van der Waals surface area (Å²) < 4.78 is 17.3. The van der Waals surface area contributed by atoms with E-state index in [1.54, 1.807) is 12.1 Å². The molecule has 1 aliphatic heterocycles. The van der Waals surface area contributed by atoms with Crippen molar-refractivity contribution in [3.63, 3.8) is 0 Å². The fourth-order valence-electron chi connectivity index (χ4n) is 4.53. The van der Waals surface area contributed by atoms with E-state index >= 15 is 0 Å². The first-order valence-corrected chi connectivity index (χ1v) is 10.3. The third-order valence-electron chi connectivity index (χ3n) is 6.14. The van der Waals surface area contributed by atoms with Crippen molar-refractivity contribution in [1.29, 1.82) is 0 Å². The van der Waals surface area contributed by atoms with E-state index in [2.05, 4.69) is 28.1 Å². The van der Waals surface area contributed by atoms with Crippen molar-refractivity contribution >= 4 is 5.78 Å². The van der Waals surface area contributed by atoms with E-state index in [-0.39, 0.29) is 37.9 Å². The number of ketones is 1. The van der Waals surface area contributed by atoms with E-state index in [4.69, 9.17) is 4.74 Å². The molecule has 2 heterocycles. The van der Waals surface area contributed by atoms with Crippen LogP contribution in [0.3, 0.4) is 0 Å². The highest BCUT2D eigenvalue weighted by atomic mass is 19.1. The Hall–Kier alpha value is -2.31. The number of pyridine rings is 1. The van der Waals surface area contributed by atoms with Crippen LogP contribution >= 0.6 is 0 Å². The van der Waals surface area contributed by atoms with Crippen molar-refractivity contribution in [2.24, 2.45) is 5.92 Å².